The maximum absolute atomic E-state index is 4.29. The zero-order chi connectivity index (χ0) is 15.6. The van der Waals surface area contributed by atoms with E-state index < -0.39 is 0 Å². The lowest BCUT2D eigenvalue weighted by Crippen LogP contribution is -2.37. The van der Waals surface area contributed by atoms with Gasteiger partial charge in [0.1, 0.15) is 0 Å². The summed E-state index contributed by atoms with van der Waals surface area (Å²) in [7, 11) is 0. The van der Waals surface area contributed by atoms with Crippen molar-refractivity contribution in [3.63, 3.8) is 0 Å². The van der Waals surface area contributed by atoms with Gasteiger partial charge in [-0.3, -0.25) is 9.88 Å². The van der Waals surface area contributed by atoms with Gasteiger partial charge in [0.15, 0.2) is 5.82 Å². The zero-order valence-corrected chi connectivity index (χ0v) is 13.7. The van der Waals surface area contributed by atoms with Crippen LogP contribution in [0.1, 0.15) is 56.1 Å². The van der Waals surface area contributed by atoms with E-state index in [0.717, 1.165) is 31.3 Å². The van der Waals surface area contributed by atoms with Crippen molar-refractivity contribution < 1.29 is 0 Å². The van der Waals surface area contributed by atoms with E-state index in [1.54, 1.807) is 0 Å². The quantitative estimate of drug-likeness (QED) is 0.848. The lowest BCUT2D eigenvalue weighted by atomic mass is 9.90. The Labute approximate surface area is 136 Å². The lowest BCUT2D eigenvalue weighted by molar-refractivity contribution is 0.133. The summed E-state index contributed by atoms with van der Waals surface area (Å²) in [6.45, 7) is 4.50. The first-order valence-electron chi connectivity index (χ1n) is 8.72. The zero-order valence-electron chi connectivity index (χ0n) is 13.7. The fraction of sp³-hybridized carbons (Fsp3) is 0.647. The molecule has 2 fully saturated rings. The third-order valence-electron chi connectivity index (χ3n) is 5.23. The number of hydrogen-bond acceptors (Lipinski definition) is 5. The van der Waals surface area contributed by atoms with Gasteiger partial charge in [-0.25, -0.2) is 4.68 Å². The van der Waals surface area contributed by atoms with Crippen molar-refractivity contribution >= 4 is 0 Å². The molecule has 0 N–H and O–H groups in total. The predicted molar refractivity (Wildman–Crippen MR) is 86.7 cm³/mol. The van der Waals surface area contributed by atoms with Gasteiger partial charge < -0.3 is 0 Å². The summed E-state index contributed by atoms with van der Waals surface area (Å²) in [6.07, 6.45) is 9.91. The number of tetrazole rings is 1. The average Bonchev–Trinajstić information content (AvgIpc) is 3.33. The van der Waals surface area contributed by atoms with Crippen LogP contribution in [0, 0.1) is 5.92 Å². The van der Waals surface area contributed by atoms with Gasteiger partial charge in [0.05, 0.1) is 12.1 Å². The monoisotopic (exact) mass is 312 g/mol. The van der Waals surface area contributed by atoms with E-state index in [1.165, 1.54) is 31.2 Å². The minimum absolute atomic E-state index is 0.310. The molecule has 3 heterocycles. The van der Waals surface area contributed by atoms with Crippen molar-refractivity contribution in [2.45, 2.75) is 51.1 Å². The molecule has 2 aromatic rings. The standard InChI is InChI=1S/C17H24N6/c1-13(17-19-20-21-23(17)16-4-5-16)22-9-6-14(7-10-22)11-15-3-2-8-18-12-15/h2-3,8,12-14,16H,4-7,9-11H2,1H3. The smallest absolute Gasteiger partial charge is 0.168 e. The molecule has 4 rings (SSSR count). The molecule has 1 atom stereocenters. The molecule has 23 heavy (non-hydrogen) atoms. The van der Waals surface area contributed by atoms with E-state index in [4.69, 9.17) is 0 Å². The van der Waals surface area contributed by atoms with Gasteiger partial charge in [-0.05, 0) is 80.1 Å². The number of piperidine rings is 1. The van der Waals surface area contributed by atoms with Crippen molar-refractivity contribution in [1.29, 1.82) is 0 Å². The largest absolute Gasteiger partial charge is 0.294 e. The fourth-order valence-electron chi connectivity index (χ4n) is 3.61. The van der Waals surface area contributed by atoms with Gasteiger partial charge in [-0.2, -0.15) is 0 Å². The Hall–Kier alpha value is -1.82. The second-order valence-corrected chi connectivity index (χ2v) is 6.93. The van der Waals surface area contributed by atoms with Crippen LogP contribution in [0.2, 0.25) is 0 Å². The Bertz CT molecular complexity index is 628. The highest BCUT2D eigenvalue weighted by molar-refractivity contribution is 5.09. The molecule has 1 aliphatic carbocycles. The van der Waals surface area contributed by atoms with Crippen LogP contribution in [0.4, 0.5) is 0 Å². The first-order valence-corrected chi connectivity index (χ1v) is 8.72. The third kappa shape index (κ3) is 3.27. The minimum atomic E-state index is 0.310. The number of likely N-dealkylation sites (tertiary alicyclic amines) is 1. The van der Waals surface area contributed by atoms with Gasteiger partial charge >= 0.3 is 0 Å². The first-order chi connectivity index (χ1) is 11.3. The van der Waals surface area contributed by atoms with Gasteiger partial charge in [0.2, 0.25) is 0 Å². The average molecular weight is 312 g/mol. The van der Waals surface area contributed by atoms with Crippen LogP contribution < -0.4 is 0 Å². The van der Waals surface area contributed by atoms with Crippen molar-refractivity contribution in [3.05, 3.63) is 35.9 Å². The molecule has 1 saturated heterocycles. The van der Waals surface area contributed by atoms with Crippen molar-refractivity contribution in [3.8, 4) is 0 Å². The molecule has 122 valence electrons. The van der Waals surface area contributed by atoms with Crippen molar-refractivity contribution in [2.75, 3.05) is 13.1 Å². The molecule has 1 unspecified atom stereocenters. The Kier molecular flexibility index (Phi) is 4.08. The van der Waals surface area contributed by atoms with Crippen LogP contribution in [-0.4, -0.2) is 43.2 Å². The van der Waals surface area contributed by atoms with E-state index in [1.807, 2.05) is 23.1 Å². The SMILES string of the molecule is CC(c1nnnn1C1CC1)N1CCC(Cc2cccnc2)CC1. The van der Waals surface area contributed by atoms with Crippen LogP contribution in [0.15, 0.2) is 24.5 Å². The lowest BCUT2D eigenvalue weighted by Gasteiger charge is -2.35. The topological polar surface area (TPSA) is 59.7 Å². The molecular weight excluding hydrogens is 288 g/mol. The molecule has 0 spiro atoms. The summed E-state index contributed by atoms with van der Waals surface area (Å²) in [4.78, 5) is 6.76. The second kappa shape index (κ2) is 6.35. The van der Waals surface area contributed by atoms with Crippen LogP contribution in [0.5, 0.6) is 0 Å². The molecule has 2 aliphatic rings. The van der Waals surface area contributed by atoms with Gasteiger partial charge in [-0.1, -0.05) is 6.07 Å². The maximum Gasteiger partial charge on any atom is 0.168 e. The summed E-state index contributed by atoms with van der Waals surface area (Å²) in [5.74, 6) is 1.81. The molecule has 0 amide bonds. The first kappa shape index (κ1) is 14.8. The normalized spacial score (nSPS) is 21.4. The molecule has 1 saturated carbocycles. The highest BCUT2D eigenvalue weighted by Crippen LogP contribution is 2.36. The highest BCUT2D eigenvalue weighted by Gasteiger charge is 2.32. The molecule has 0 bridgehead atoms. The molecule has 6 heteroatoms. The number of hydrogen-bond donors (Lipinski definition) is 0. The molecule has 2 aromatic heterocycles. The van der Waals surface area contributed by atoms with Crippen LogP contribution in [-0.2, 0) is 6.42 Å². The van der Waals surface area contributed by atoms with Crippen molar-refractivity contribution in [2.24, 2.45) is 5.92 Å². The molecule has 0 radical (unpaired) electrons. The third-order valence-corrected chi connectivity index (χ3v) is 5.23. The highest BCUT2D eigenvalue weighted by atomic mass is 15.6. The number of rotatable bonds is 5. The predicted octanol–water partition coefficient (Wildman–Crippen LogP) is 2.42. The minimum Gasteiger partial charge on any atom is -0.294 e. The Balaban J connectivity index is 1.34. The van der Waals surface area contributed by atoms with Crippen molar-refractivity contribution in [1.82, 2.24) is 30.1 Å². The molecular formula is C17H24N6. The van der Waals surface area contributed by atoms with Crippen LogP contribution in [0.3, 0.4) is 0 Å². The summed E-state index contributed by atoms with van der Waals surface area (Å²) in [5, 5.41) is 12.4. The Morgan fingerprint density at radius 3 is 2.74 bits per heavy atom. The van der Waals surface area contributed by atoms with E-state index >= 15 is 0 Å². The maximum atomic E-state index is 4.29. The van der Waals surface area contributed by atoms with Gasteiger partial charge in [0.25, 0.3) is 0 Å². The van der Waals surface area contributed by atoms with Gasteiger partial charge in [-0.15, -0.1) is 5.10 Å². The number of aromatic nitrogens is 5. The van der Waals surface area contributed by atoms with E-state index in [-0.39, 0.29) is 0 Å². The van der Waals surface area contributed by atoms with Gasteiger partial charge in [0, 0.05) is 12.4 Å². The summed E-state index contributed by atoms with van der Waals surface area (Å²) >= 11 is 0. The van der Waals surface area contributed by atoms with Crippen LogP contribution >= 0.6 is 0 Å². The van der Waals surface area contributed by atoms with E-state index in [9.17, 15) is 0 Å². The summed E-state index contributed by atoms with van der Waals surface area (Å²) < 4.78 is 2.05. The van der Waals surface area contributed by atoms with E-state index in [2.05, 4.69) is 38.4 Å². The summed E-state index contributed by atoms with van der Waals surface area (Å²) in [5.41, 5.74) is 1.36. The Morgan fingerprint density at radius 1 is 1.22 bits per heavy atom. The molecule has 6 nitrogen and oxygen atoms in total. The second-order valence-electron chi connectivity index (χ2n) is 6.93. The number of nitrogens with zero attached hydrogens (tertiary/aromatic N) is 6. The van der Waals surface area contributed by atoms with Crippen LogP contribution in [0.25, 0.3) is 0 Å². The molecule has 1 aliphatic heterocycles. The number of pyridine rings is 1. The van der Waals surface area contributed by atoms with E-state index in [0.29, 0.717) is 12.1 Å². The fourth-order valence-corrected chi connectivity index (χ4v) is 3.61. The summed E-state index contributed by atoms with van der Waals surface area (Å²) in [6, 6.07) is 5.08. The Morgan fingerprint density at radius 2 is 2.04 bits per heavy atom. The molecule has 0 aromatic carbocycles.